The predicted molar refractivity (Wildman–Crippen MR) is 58.6 cm³/mol. The van der Waals surface area contributed by atoms with Gasteiger partial charge in [0.05, 0.1) is 12.3 Å². The van der Waals surface area contributed by atoms with Crippen LogP contribution in [-0.4, -0.2) is 26.7 Å². The molecule has 78 valence electrons. The predicted octanol–water partition coefficient (Wildman–Crippen LogP) is 1.61. The highest BCUT2D eigenvalue weighted by atomic mass is 79.9. The van der Waals surface area contributed by atoms with E-state index in [1.807, 2.05) is 27.0 Å². The van der Waals surface area contributed by atoms with Gasteiger partial charge < -0.3 is 5.11 Å². The zero-order valence-electron chi connectivity index (χ0n) is 8.53. The van der Waals surface area contributed by atoms with Crippen molar-refractivity contribution < 1.29 is 5.11 Å². The molecular weight excluding hydrogens is 246 g/mol. The third-order valence-corrected chi connectivity index (χ3v) is 2.64. The summed E-state index contributed by atoms with van der Waals surface area (Å²) >= 11 is 3.30. The standard InChI is InChI=1S/C9H14BrN3O/c1-6(2)7(5-14)4-8-9(10)11-12-13(8)3/h4,6,14H,5H2,1-3H3/b7-4+. The summed E-state index contributed by atoms with van der Waals surface area (Å²) in [5.74, 6) is 0.321. The number of nitrogens with zero attached hydrogens (tertiary/aromatic N) is 3. The van der Waals surface area contributed by atoms with Crippen LogP contribution in [0.15, 0.2) is 10.2 Å². The van der Waals surface area contributed by atoms with Gasteiger partial charge in [0.2, 0.25) is 0 Å². The van der Waals surface area contributed by atoms with Crippen molar-refractivity contribution in [1.29, 1.82) is 0 Å². The molecule has 1 aromatic rings. The van der Waals surface area contributed by atoms with E-state index in [-0.39, 0.29) is 6.61 Å². The van der Waals surface area contributed by atoms with Crippen molar-refractivity contribution in [3.05, 3.63) is 15.9 Å². The molecule has 0 atom stereocenters. The summed E-state index contributed by atoms with van der Waals surface area (Å²) in [6, 6.07) is 0. The molecule has 0 saturated heterocycles. The third-order valence-electron chi connectivity index (χ3n) is 2.07. The van der Waals surface area contributed by atoms with Gasteiger partial charge >= 0.3 is 0 Å². The van der Waals surface area contributed by atoms with Crippen molar-refractivity contribution in [1.82, 2.24) is 15.0 Å². The Morgan fingerprint density at radius 3 is 2.64 bits per heavy atom. The van der Waals surface area contributed by atoms with E-state index in [1.165, 1.54) is 0 Å². The van der Waals surface area contributed by atoms with E-state index in [4.69, 9.17) is 5.11 Å². The lowest BCUT2D eigenvalue weighted by atomic mass is 10.0. The minimum Gasteiger partial charge on any atom is -0.392 e. The third kappa shape index (κ3) is 2.42. The maximum atomic E-state index is 9.14. The number of halogens is 1. The Kier molecular flexibility index (Phi) is 3.83. The van der Waals surface area contributed by atoms with Gasteiger partial charge in [-0.05, 0) is 33.5 Å². The molecule has 14 heavy (non-hydrogen) atoms. The van der Waals surface area contributed by atoms with Crippen molar-refractivity contribution >= 4 is 22.0 Å². The lowest BCUT2D eigenvalue weighted by Gasteiger charge is -2.07. The number of aliphatic hydroxyl groups is 1. The summed E-state index contributed by atoms with van der Waals surface area (Å²) in [5, 5.41) is 16.9. The van der Waals surface area contributed by atoms with Crippen molar-refractivity contribution in [3.8, 4) is 0 Å². The summed E-state index contributed by atoms with van der Waals surface area (Å²) in [6.07, 6.45) is 1.91. The van der Waals surface area contributed by atoms with E-state index in [1.54, 1.807) is 4.68 Å². The molecule has 0 amide bonds. The number of hydrogen-bond acceptors (Lipinski definition) is 3. The molecule has 0 saturated carbocycles. The summed E-state index contributed by atoms with van der Waals surface area (Å²) in [5.41, 5.74) is 1.85. The van der Waals surface area contributed by atoms with Crippen LogP contribution in [0.2, 0.25) is 0 Å². The second-order valence-corrected chi connectivity index (χ2v) is 4.17. The van der Waals surface area contributed by atoms with Crippen LogP contribution in [0.4, 0.5) is 0 Å². The van der Waals surface area contributed by atoms with Crippen molar-refractivity contribution in [2.24, 2.45) is 13.0 Å². The maximum absolute atomic E-state index is 9.14. The van der Waals surface area contributed by atoms with E-state index >= 15 is 0 Å². The molecule has 0 unspecified atom stereocenters. The summed E-state index contributed by atoms with van der Waals surface area (Å²) < 4.78 is 2.37. The lowest BCUT2D eigenvalue weighted by molar-refractivity contribution is 0.320. The average molecular weight is 260 g/mol. The molecular formula is C9H14BrN3O. The monoisotopic (exact) mass is 259 g/mol. The Morgan fingerprint density at radius 2 is 2.29 bits per heavy atom. The van der Waals surface area contributed by atoms with Crippen molar-refractivity contribution in [3.63, 3.8) is 0 Å². The number of hydrogen-bond donors (Lipinski definition) is 1. The van der Waals surface area contributed by atoms with E-state index in [0.29, 0.717) is 10.5 Å². The minimum atomic E-state index is 0.0648. The fourth-order valence-electron chi connectivity index (χ4n) is 1.06. The Labute approximate surface area is 91.8 Å². The van der Waals surface area contributed by atoms with E-state index in [9.17, 15) is 0 Å². The first-order valence-electron chi connectivity index (χ1n) is 4.42. The van der Waals surface area contributed by atoms with Gasteiger partial charge in [0, 0.05) is 7.05 Å². The van der Waals surface area contributed by atoms with Crippen molar-refractivity contribution in [2.45, 2.75) is 13.8 Å². The SMILES string of the molecule is CC(C)/C(=C/c1c(Br)nnn1C)CO. The number of aromatic nitrogens is 3. The van der Waals surface area contributed by atoms with Gasteiger partial charge in [-0.1, -0.05) is 19.1 Å². The van der Waals surface area contributed by atoms with Gasteiger partial charge in [0.15, 0.2) is 4.60 Å². The van der Waals surface area contributed by atoms with E-state index < -0.39 is 0 Å². The first kappa shape index (κ1) is 11.4. The first-order chi connectivity index (χ1) is 6.56. The Hall–Kier alpha value is -0.680. The van der Waals surface area contributed by atoms with Crippen LogP contribution < -0.4 is 0 Å². The minimum absolute atomic E-state index is 0.0648. The molecule has 1 N–H and O–H groups in total. The lowest BCUT2D eigenvalue weighted by Crippen LogP contribution is -2.01. The zero-order valence-corrected chi connectivity index (χ0v) is 10.1. The molecule has 0 aliphatic heterocycles. The molecule has 0 spiro atoms. The van der Waals surface area contributed by atoms with E-state index in [0.717, 1.165) is 11.3 Å². The smallest absolute Gasteiger partial charge is 0.155 e. The van der Waals surface area contributed by atoms with E-state index in [2.05, 4.69) is 26.2 Å². The first-order valence-corrected chi connectivity index (χ1v) is 5.22. The zero-order chi connectivity index (χ0) is 10.7. The van der Waals surface area contributed by atoms with Crippen LogP contribution in [-0.2, 0) is 7.05 Å². The Bertz CT molecular complexity index is 324. The summed E-state index contributed by atoms with van der Waals surface area (Å²) in [6.45, 7) is 4.15. The molecule has 0 aromatic carbocycles. The van der Waals surface area contributed by atoms with Gasteiger partial charge in [-0.15, -0.1) is 5.10 Å². The summed E-state index contributed by atoms with van der Waals surface area (Å²) in [4.78, 5) is 0. The highest BCUT2D eigenvalue weighted by Crippen LogP contribution is 2.18. The molecule has 0 aliphatic carbocycles. The topological polar surface area (TPSA) is 50.9 Å². The average Bonchev–Trinajstić information content (AvgIpc) is 2.43. The highest BCUT2D eigenvalue weighted by Gasteiger charge is 2.08. The van der Waals surface area contributed by atoms with Gasteiger partial charge in [0.25, 0.3) is 0 Å². The number of rotatable bonds is 3. The van der Waals surface area contributed by atoms with Gasteiger partial charge in [-0.25, -0.2) is 4.68 Å². The molecule has 0 fully saturated rings. The molecule has 0 aliphatic rings. The van der Waals surface area contributed by atoms with Crippen molar-refractivity contribution in [2.75, 3.05) is 6.61 Å². The normalized spacial score (nSPS) is 12.6. The van der Waals surface area contributed by atoms with Crippen LogP contribution in [0.5, 0.6) is 0 Å². The molecule has 0 radical (unpaired) electrons. The fraction of sp³-hybridized carbons (Fsp3) is 0.556. The largest absolute Gasteiger partial charge is 0.392 e. The highest BCUT2D eigenvalue weighted by molar-refractivity contribution is 9.10. The number of aryl methyl sites for hydroxylation is 1. The molecule has 1 aromatic heterocycles. The van der Waals surface area contributed by atoms with Gasteiger partial charge in [-0.2, -0.15) is 0 Å². The summed E-state index contributed by atoms with van der Waals surface area (Å²) in [7, 11) is 1.82. The quantitative estimate of drug-likeness (QED) is 0.898. The maximum Gasteiger partial charge on any atom is 0.155 e. The molecule has 5 heteroatoms. The molecule has 4 nitrogen and oxygen atoms in total. The van der Waals surface area contributed by atoms with Gasteiger partial charge in [-0.3, -0.25) is 0 Å². The molecule has 0 bridgehead atoms. The van der Waals surface area contributed by atoms with Crippen LogP contribution in [0.25, 0.3) is 6.08 Å². The van der Waals surface area contributed by atoms with Crippen LogP contribution in [0, 0.1) is 5.92 Å². The number of aliphatic hydroxyl groups excluding tert-OH is 1. The van der Waals surface area contributed by atoms with Gasteiger partial charge in [0.1, 0.15) is 0 Å². The van der Waals surface area contributed by atoms with Crippen LogP contribution >= 0.6 is 15.9 Å². The molecule has 1 rings (SSSR count). The van der Waals surface area contributed by atoms with Crippen LogP contribution in [0.3, 0.4) is 0 Å². The Balaban J connectivity index is 3.05. The second kappa shape index (κ2) is 4.70. The van der Waals surface area contributed by atoms with Crippen LogP contribution in [0.1, 0.15) is 19.5 Å². The molecule has 1 heterocycles. The second-order valence-electron chi connectivity index (χ2n) is 3.42. The fourth-order valence-corrected chi connectivity index (χ4v) is 1.50. The Morgan fingerprint density at radius 1 is 1.64 bits per heavy atom.